The Morgan fingerprint density at radius 1 is 1.05 bits per heavy atom. The highest BCUT2D eigenvalue weighted by Gasteiger charge is 2.14. The Morgan fingerprint density at radius 2 is 1.67 bits per heavy atom. The second kappa shape index (κ2) is 7.02. The average Bonchev–Trinajstić information content (AvgIpc) is 2.46. The summed E-state index contributed by atoms with van der Waals surface area (Å²) < 4.78 is 27.7. The number of halogens is 1. The Kier molecular flexibility index (Phi) is 5.33. The van der Waals surface area contributed by atoms with Crippen LogP contribution in [0.25, 0.3) is 6.08 Å². The van der Waals surface area contributed by atoms with E-state index in [-0.39, 0.29) is 6.04 Å². The Bertz CT molecular complexity index is 727. The quantitative estimate of drug-likeness (QED) is 0.866. The molecule has 0 aliphatic heterocycles. The van der Waals surface area contributed by atoms with E-state index in [1.54, 1.807) is 6.08 Å². The molecule has 0 saturated heterocycles. The molecule has 2 aromatic carbocycles. The Hall–Kier alpha value is -1.43. The first-order valence-corrected chi connectivity index (χ1v) is 8.82. The molecule has 1 N–H and O–H groups in total. The fourth-order valence-corrected chi connectivity index (χ4v) is 3.57. The summed E-state index contributed by atoms with van der Waals surface area (Å²) in [7, 11) is -3.50. The van der Waals surface area contributed by atoms with Crippen molar-refractivity contribution in [2.45, 2.75) is 13.0 Å². The summed E-state index contributed by atoms with van der Waals surface area (Å²) >= 11 is 3.43. The Morgan fingerprint density at radius 3 is 2.33 bits per heavy atom. The third-order valence-electron chi connectivity index (χ3n) is 2.95. The van der Waals surface area contributed by atoms with Gasteiger partial charge in [-0.1, -0.05) is 64.5 Å². The summed E-state index contributed by atoms with van der Waals surface area (Å²) in [5, 5.41) is 1.19. The van der Waals surface area contributed by atoms with Gasteiger partial charge >= 0.3 is 0 Å². The van der Waals surface area contributed by atoms with Crippen molar-refractivity contribution in [3.63, 3.8) is 0 Å². The van der Waals surface area contributed by atoms with Crippen LogP contribution in [0.3, 0.4) is 0 Å². The van der Waals surface area contributed by atoms with Gasteiger partial charge in [-0.15, -0.1) is 0 Å². The molecule has 1 unspecified atom stereocenters. The van der Waals surface area contributed by atoms with Gasteiger partial charge in [0.25, 0.3) is 0 Å². The number of sulfonamides is 1. The Labute approximate surface area is 133 Å². The summed E-state index contributed by atoms with van der Waals surface area (Å²) in [5.74, 6) is 0. The molecule has 0 bridgehead atoms. The fraction of sp³-hybridized carbons (Fsp3) is 0.125. The highest BCUT2D eigenvalue weighted by atomic mass is 79.9. The van der Waals surface area contributed by atoms with Crippen LogP contribution >= 0.6 is 15.9 Å². The fourth-order valence-electron chi connectivity index (χ4n) is 1.91. The van der Waals surface area contributed by atoms with Gasteiger partial charge < -0.3 is 0 Å². The lowest BCUT2D eigenvalue weighted by molar-refractivity contribution is 0.576. The number of nitrogens with one attached hydrogen (secondary N) is 1. The minimum Gasteiger partial charge on any atom is -0.208 e. The van der Waals surface area contributed by atoms with E-state index in [4.69, 9.17) is 0 Å². The van der Waals surface area contributed by atoms with Gasteiger partial charge in [0.15, 0.2) is 0 Å². The van der Waals surface area contributed by atoms with Crippen LogP contribution < -0.4 is 4.72 Å². The molecule has 0 heterocycles. The van der Waals surface area contributed by atoms with Crippen LogP contribution in [-0.4, -0.2) is 8.42 Å². The van der Waals surface area contributed by atoms with Crippen LogP contribution in [0.5, 0.6) is 0 Å². The SMILES string of the molecule is CC(NS(=O)(=O)C=Cc1ccccc1)c1ccccc1Br. The molecule has 0 aromatic heterocycles. The molecule has 0 amide bonds. The molecule has 0 aliphatic rings. The zero-order valence-electron chi connectivity index (χ0n) is 11.5. The molecule has 0 aliphatic carbocycles. The van der Waals surface area contributed by atoms with Crippen LogP contribution in [0.4, 0.5) is 0 Å². The van der Waals surface area contributed by atoms with Crippen molar-refractivity contribution in [3.8, 4) is 0 Å². The monoisotopic (exact) mass is 365 g/mol. The number of rotatable bonds is 5. The zero-order chi connectivity index (χ0) is 15.3. The molecule has 0 saturated carbocycles. The van der Waals surface area contributed by atoms with E-state index in [0.29, 0.717) is 0 Å². The molecule has 21 heavy (non-hydrogen) atoms. The van der Waals surface area contributed by atoms with Crippen molar-refractivity contribution in [1.29, 1.82) is 0 Å². The molecule has 0 spiro atoms. The number of hydrogen-bond donors (Lipinski definition) is 1. The molecular formula is C16H16BrNO2S. The van der Waals surface area contributed by atoms with E-state index < -0.39 is 10.0 Å². The number of benzene rings is 2. The van der Waals surface area contributed by atoms with Gasteiger partial charge in [0.1, 0.15) is 0 Å². The standard InChI is InChI=1S/C16H16BrNO2S/c1-13(15-9-5-6-10-16(15)17)18-21(19,20)12-11-14-7-3-2-4-8-14/h2-13,18H,1H3. The van der Waals surface area contributed by atoms with E-state index in [1.165, 1.54) is 5.41 Å². The predicted octanol–water partition coefficient (Wildman–Crippen LogP) is 4.10. The minimum atomic E-state index is -3.50. The van der Waals surface area contributed by atoms with Crippen molar-refractivity contribution in [2.75, 3.05) is 0 Å². The van der Waals surface area contributed by atoms with Crippen molar-refractivity contribution in [3.05, 3.63) is 75.6 Å². The van der Waals surface area contributed by atoms with Crippen LogP contribution in [0.15, 0.2) is 64.5 Å². The van der Waals surface area contributed by atoms with E-state index in [1.807, 2.05) is 61.5 Å². The van der Waals surface area contributed by atoms with Crippen LogP contribution in [0.2, 0.25) is 0 Å². The van der Waals surface area contributed by atoms with Crippen LogP contribution in [0.1, 0.15) is 24.1 Å². The maximum absolute atomic E-state index is 12.1. The first-order chi connectivity index (χ1) is 9.98. The lowest BCUT2D eigenvalue weighted by atomic mass is 10.1. The van der Waals surface area contributed by atoms with Gasteiger partial charge in [-0.2, -0.15) is 0 Å². The molecule has 3 nitrogen and oxygen atoms in total. The molecular weight excluding hydrogens is 350 g/mol. The van der Waals surface area contributed by atoms with Crippen molar-refractivity contribution >= 4 is 32.0 Å². The molecule has 0 radical (unpaired) electrons. The summed E-state index contributed by atoms with van der Waals surface area (Å²) in [5.41, 5.74) is 1.74. The highest BCUT2D eigenvalue weighted by molar-refractivity contribution is 9.10. The lowest BCUT2D eigenvalue weighted by Crippen LogP contribution is -2.25. The summed E-state index contributed by atoms with van der Waals surface area (Å²) in [6.45, 7) is 1.81. The van der Waals surface area contributed by atoms with Gasteiger partial charge in [-0.05, 0) is 30.2 Å². The first-order valence-electron chi connectivity index (χ1n) is 6.48. The minimum absolute atomic E-state index is 0.314. The maximum atomic E-state index is 12.1. The molecule has 0 fully saturated rings. The lowest BCUT2D eigenvalue weighted by Gasteiger charge is -2.14. The van der Waals surface area contributed by atoms with E-state index in [0.717, 1.165) is 15.6 Å². The second-order valence-corrected chi connectivity index (χ2v) is 7.07. The van der Waals surface area contributed by atoms with Crippen molar-refractivity contribution in [2.24, 2.45) is 0 Å². The normalized spacial score (nSPS) is 13.4. The summed E-state index contributed by atoms with van der Waals surface area (Å²) in [6.07, 6.45) is 1.58. The van der Waals surface area contributed by atoms with E-state index in [9.17, 15) is 8.42 Å². The zero-order valence-corrected chi connectivity index (χ0v) is 13.9. The highest BCUT2D eigenvalue weighted by Crippen LogP contribution is 2.23. The van der Waals surface area contributed by atoms with Crippen LogP contribution in [0, 0.1) is 0 Å². The summed E-state index contributed by atoms with van der Waals surface area (Å²) in [6, 6.07) is 16.6. The molecule has 110 valence electrons. The van der Waals surface area contributed by atoms with E-state index in [2.05, 4.69) is 20.7 Å². The third kappa shape index (κ3) is 4.81. The second-order valence-electron chi connectivity index (χ2n) is 4.62. The molecule has 1 atom stereocenters. The van der Waals surface area contributed by atoms with Gasteiger partial charge in [-0.25, -0.2) is 13.1 Å². The van der Waals surface area contributed by atoms with Gasteiger partial charge in [0, 0.05) is 15.9 Å². The maximum Gasteiger partial charge on any atom is 0.234 e. The Balaban J connectivity index is 2.11. The van der Waals surface area contributed by atoms with Crippen molar-refractivity contribution in [1.82, 2.24) is 4.72 Å². The average molecular weight is 366 g/mol. The van der Waals surface area contributed by atoms with Gasteiger partial charge in [0.2, 0.25) is 10.0 Å². The number of hydrogen-bond acceptors (Lipinski definition) is 2. The molecule has 2 rings (SSSR count). The van der Waals surface area contributed by atoms with Crippen LogP contribution in [-0.2, 0) is 10.0 Å². The molecule has 5 heteroatoms. The largest absolute Gasteiger partial charge is 0.234 e. The smallest absolute Gasteiger partial charge is 0.208 e. The first kappa shape index (κ1) is 15.9. The van der Waals surface area contributed by atoms with Gasteiger partial charge in [0.05, 0.1) is 0 Å². The third-order valence-corrected chi connectivity index (χ3v) is 4.85. The predicted molar refractivity (Wildman–Crippen MR) is 90.1 cm³/mol. The van der Waals surface area contributed by atoms with Crippen molar-refractivity contribution < 1.29 is 8.42 Å². The van der Waals surface area contributed by atoms with Gasteiger partial charge in [-0.3, -0.25) is 0 Å². The topological polar surface area (TPSA) is 46.2 Å². The van der Waals surface area contributed by atoms with E-state index >= 15 is 0 Å². The molecule has 2 aromatic rings. The summed E-state index contributed by atoms with van der Waals surface area (Å²) in [4.78, 5) is 0.